The summed E-state index contributed by atoms with van der Waals surface area (Å²) >= 11 is 12.0. The molecule has 2 N–H and O–H groups in total. The van der Waals surface area contributed by atoms with Crippen LogP contribution >= 0.6 is 23.2 Å². The minimum atomic E-state index is 0.334. The number of rotatable bonds is 7. The highest BCUT2D eigenvalue weighted by molar-refractivity contribution is 6.42. The third-order valence-corrected chi connectivity index (χ3v) is 4.55. The topological polar surface area (TPSA) is 74.7 Å². The van der Waals surface area contributed by atoms with Crippen LogP contribution in [-0.4, -0.2) is 22.5 Å². The molecule has 6 nitrogen and oxygen atoms in total. The summed E-state index contributed by atoms with van der Waals surface area (Å²) < 4.78 is 13.1. The zero-order valence-corrected chi connectivity index (χ0v) is 17.0. The van der Waals surface area contributed by atoms with Crippen LogP contribution in [0.15, 0.2) is 47.7 Å². The highest BCUT2D eigenvalue weighted by atomic mass is 35.5. The number of nitrogens with two attached hydrogens (primary N) is 1. The number of nitrogens with zero attached hydrogens (tertiary/aromatic N) is 3. The number of imidazole rings is 1. The molecule has 0 spiro atoms. The van der Waals surface area contributed by atoms with E-state index in [9.17, 15) is 0 Å². The Morgan fingerprint density at radius 2 is 1.93 bits per heavy atom. The van der Waals surface area contributed by atoms with Gasteiger partial charge in [0.25, 0.3) is 0 Å². The van der Waals surface area contributed by atoms with Crippen molar-refractivity contribution in [2.75, 3.05) is 12.3 Å². The minimum Gasteiger partial charge on any atom is -0.490 e. The number of ether oxygens (including phenoxy) is 2. The molecule has 28 heavy (non-hydrogen) atoms. The van der Waals surface area contributed by atoms with Crippen LogP contribution < -0.4 is 15.2 Å². The Kier molecular flexibility index (Phi) is 6.44. The Balaban J connectivity index is 1.76. The molecule has 0 unspecified atom stereocenters. The Labute approximate surface area is 173 Å². The molecule has 0 fully saturated rings. The van der Waals surface area contributed by atoms with E-state index >= 15 is 0 Å². The van der Waals surface area contributed by atoms with Crippen LogP contribution in [0, 0.1) is 6.92 Å². The molecule has 1 heterocycles. The molecule has 3 rings (SSSR count). The fraction of sp³-hybridized carbons (Fsp3) is 0.200. The van der Waals surface area contributed by atoms with Crippen LogP contribution in [0.4, 0.5) is 5.95 Å². The van der Waals surface area contributed by atoms with Gasteiger partial charge in [0.05, 0.1) is 34.8 Å². The van der Waals surface area contributed by atoms with Crippen LogP contribution in [-0.2, 0) is 6.61 Å². The number of anilines is 1. The number of hydrogen-bond acceptors (Lipinski definition) is 5. The summed E-state index contributed by atoms with van der Waals surface area (Å²) in [6.07, 6.45) is 3.44. The zero-order valence-electron chi connectivity index (χ0n) is 15.5. The van der Waals surface area contributed by atoms with Crippen molar-refractivity contribution in [1.82, 2.24) is 9.66 Å². The fourth-order valence-corrected chi connectivity index (χ4v) is 2.83. The van der Waals surface area contributed by atoms with Gasteiger partial charge in [-0.3, -0.25) is 0 Å². The van der Waals surface area contributed by atoms with Crippen LogP contribution in [0.25, 0.3) is 0 Å². The Hall–Kier alpha value is -2.70. The molecule has 0 saturated heterocycles. The Morgan fingerprint density at radius 1 is 1.11 bits per heavy atom. The lowest BCUT2D eigenvalue weighted by Crippen LogP contribution is -2.01. The van der Waals surface area contributed by atoms with Gasteiger partial charge in [0.1, 0.15) is 6.61 Å². The molecule has 146 valence electrons. The summed E-state index contributed by atoms with van der Waals surface area (Å²) in [5.41, 5.74) is 8.35. The quantitative estimate of drug-likeness (QED) is 0.551. The van der Waals surface area contributed by atoms with Gasteiger partial charge in [0.15, 0.2) is 11.5 Å². The first kappa shape index (κ1) is 20.0. The van der Waals surface area contributed by atoms with Crippen molar-refractivity contribution in [2.24, 2.45) is 5.10 Å². The molecule has 0 aliphatic carbocycles. The highest BCUT2D eigenvalue weighted by Crippen LogP contribution is 2.30. The van der Waals surface area contributed by atoms with Crippen LogP contribution in [0.5, 0.6) is 11.5 Å². The van der Waals surface area contributed by atoms with E-state index in [2.05, 4.69) is 10.1 Å². The molecule has 0 amide bonds. The standard InChI is InChI=1S/C20H20Cl2N4O2/c1-3-27-19-9-14(10-24-26-11-13(2)25-20(26)23)5-7-18(19)28-12-15-4-6-16(21)17(22)8-15/h4-11H,3,12H2,1-2H3,(H2,23,25). The summed E-state index contributed by atoms with van der Waals surface area (Å²) in [4.78, 5) is 4.11. The van der Waals surface area contributed by atoms with Crippen LogP contribution in [0.3, 0.4) is 0 Å². The second kappa shape index (κ2) is 8.99. The van der Waals surface area contributed by atoms with Crippen molar-refractivity contribution in [1.29, 1.82) is 0 Å². The van der Waals surface area contributed by atoms with Crippen molar-refractivity contribution >= 4 is 35.4 Å². The highest BCUT2D eigenvalue weighted by Gasteiger charge is 2.08. The summed E-state index contributed by atoms with van der Waals surface area (Å²) in [5.74, 6) is 1.59. The lowest BCUT2D eigenvalue weighted by atomic mass is 10.2. The van der Waals surface area contributed by atoms with Gasteiger partial charge in [-0.2, -0.15) is 5.10 Å². The summed E-state index contributed by atoms with van der Waals surface area (Å²) in [6.45, 7) is 4.63. The average molecular weight is 419 g/mol. The minimum absolute atomic E-state index is 0.334. The molecule has 1 aromatic heterocycles. The first-order chi connectivity index (χ1) is 13.5. The second-order valence-electron chi connectivity index (χ2n) is 6.01. The van der Waals surface area contributed by atoms with E-state index < -0.39 is 0 Å². The maximum absolute atomic E-state index is 6.05. The normalized spacial score (nSPS) is 11.1. The molecule has 0 aliphatic rings. The van der Waals surface area contributed by atoms with Crippen LogP contribution in [0.2, 0.25) is 10.0 Å². The summed E-state index contributed by atoms with van der Waals surface area (Å²) in [5, 5.41) is 5.33. The SMILES string of the molecule is CCOc1cc(C=Nn2cc(C)nc2N)ccc1OCc1ccc(Cl)c(Cl)c1. The van der Waals surface area contributed by atoms with Crippen molar-refractivity contribution in [2.45, 2.75) is 20.5 Å². The van der Waals surface area contributed by atoms with E-state index in [0.717, 1.165) is 16.8 Å². The van der Waals surface area contributed by atoms with E-state index in [1.165, 1.54) is 4.68 Å². The lowest BCUT2D eigenvalue weighted by molar-refractivity contribution is 0.269. The monoisotopic (exact) mass is 418 g/mol. The van der Waals surface area contributed by atoms with Crippen molar-refractivity contribution in [3.63, 3.8) is 0 Å². The third kappa shape index (κ3) is 4.97. The fourth-order valence-electron chi connectivity index (χ4n) is 2.51. The Bertz CT molecular complexity index is 1000. The molecule has 0 radical (unpaired) electrons. The molecular formula is C20H20Cl2N4O2. The number of hydrogen-bond donors (Lipinski definition) is 1. The van der Waals surface area contributed by atoms with E-state index in [4.69, 9.17) is 38.4 Å². The van der Waals surface area contributed by atoms with Gasteiger partial charge in [-0.1, -0.05) is 29.3 Å². The molecular weight excluding hydrogens is 399 g/mol. The number of halogens is 2. The van der Waals surface area contributed by atoms with Gasteiger partial charge in [0, 0.05) is 0 Å². The van der Waals surface area contributed by atoms with Crippen molar-refractivity contribution in [3.05, 3.63) is 69.5 Å². The molecule has 0 aliphatic heterocycles. The van der Waals surface area contributed by atoms with Gasteiger partial charge < -0.3 is 15.2 Å². The number of aromatic nitrogens is 2. The van der Waals surface area contributed by atoms with E-state index in [-0.39, 0.29) is 0 Å². The van der Waals surface area contributed by atoms with Gasteiger partial charge in [-0.15, -0.1) is 0 Å². The summed E-state index contributed by atoms with van der Waals surface area (Å²) in [7, 11) is 0. The zero-order chi connectivity index (χ0) is 20.1. The predicted octanol–water partition coefficient (Wildman–Crippen LogP) is 4.94. The number of benzene rings is 2. The van der Waals surface area contributed by atoms with E-state index in [1.807, 2.05) is 38.1 Å². The van der Waals surface area contributed by atoms with Gasteiger partial charge in [-0.05, 0) is 55.3 Å². The van der Waals surface area contributed by atoms with Gasteiger partial charge in [-0.25, -0.2) is 9.66 Å². The first-order valence-corrected chi connectivity index (χ1v) is 9.41. The number of aryl methyl sites for hydroxylation is 1. The van der Waals surface area contributed by atoms with Crippen LogP contribution in [0.1, 0.15) is 23.7 Å². The largest absolute Gasteiger partial charge is 0.490 e. The lowest BCUT2D eigenvalue weighted by Gasteiger charge is -2.13. The maximum Gasteiger partial charge on any atom is 0.221 e. The predicted molar refractivity (Wildman–Crippen MR) is 113 cm³/mol. The average Bonchev–Trinajstić information content (AvgIpc) is 2.99. The first-order valence-electron chi connectivity index (χ1n) is 8.65. The maximum atomic E-state index is 6.05. The van der Waals surface area contributed by atoms with Gasteiger partial charge >= 0.3 is 0 Å². The van der Waals surface area contributed by atoms with Gasteiger partial charge in [0.2, 0.25) is 5.95 Å². The number of nitrogen functional groups attached to an aromatic ring is 1. The van der Waals surface area contributed by atoms with Crippen molar-refractivity contribution in [3.8, 4) is 11.5 Å². The summed E-state index contributed by atoms with van der Waals surface area (Å²) in [6, 6.07) is 11.0. The van der Waals surface area contributed by atoms with Crippen molar-refractivity contribution < 1.29 is 9.47 Å². The third-order valence-electron chi connectivity index (χ3n) is 3.81. The smallest absolute Gasteiger partial charge is 0.221 e. The van der Waals surface area contributed by atoms with E-state index in [0.29, 0.717) is 40.7 Å². The molecule has 0 atom stereocenters. The second-order valence-corrected chi connectivity index (χ2v) is 6.82. The molecule has 0 saturated carbocycles. The molecule has 2 aromatic carbocycles. The van der Waals surface area contributed by atoms with E-state index in [1.54, 1.807) is 24.5 Å². The molecule has 8 heteroatoms. The molecule has 0 bridgehead atoms. The molecule has 3 aromatic rings. The Morgan fingerprint density at radius 3 is 2.61 bits per heavy atom.